The van der Waals surface area contributed by atoms with Crippen LogP contribution in [0.15, 0.2) is 30.3 Å². The first-order valence-corrected chi connectivity index (χ1v) is 12.7. The summed E-state index contributed by atoms with van der Waals surface area (Å²) in [5.41, 5.74) is 6.67. The van der Waals surface area contributed by atoms with Gasteiger partial charge in [0.05, 0.1) is 5.56 Å². The van der Waals surface area contributed by atoms with E-state index in [0.29, 0.717) is 17.2 Å². The van der Waals surface area contributed by atoms with Crippen LogP contribution in [0.25, 0.3) is 10.4 Å². The number of likely N-dealkylation sites (N-methyl/N-ethyl adjacent to an activating group) is 1. The Morgan fingerprint density at radius 2 is 1.84 bits per heavy atom. The average Bonchev–Trinajstić information content (AvgIpc) is 3.52. The molecule has 3 rings (SSSR count). The SMILES string of the molecule is CCN(CC)CCOc1ccc(-c2cc(C(=O)NC3CCNC3)c(NC(N)=O)s2)cc1.O=C(O)C(F)(F)F. The number of urea groups is 1. The summed E-state index contributed by atoms with van der Waals surface area (Å²) in [6.07, 6.45) is -4.20. The Labute approximate surface area is 222 Å². The molecule has 10 nitrogen and oxygen atoms in total. The van der Waals surface area contributed by atoms with Crippen molar-refractivity contribution in [3.8, 4) is 16.2 Å². The molecule has 1 aromatic heterocycles. The molecule has 38 heavy (non-hydrogen) atoms. The van der Waals surface area contributed by atoms with Crippen molar-refractivity contribution in [2.45, 2.75) is 32.5 Å². The summed E-state index contributed by atoms with van der Waals surface area (Å²) in [6.45, 7) is 9.44. The molecular formula is C24H32F3N5O5S. The molecule has 0 saturated carbocycles. The first kappa shape index (κ1) is 30.9. The summed E-state index contributed by atoms with van der Waals surface area (Å²) in [4.78, 5) is 36.3. The van der Waals surface area contributed by atoms with Gasteiger partial charge in [0.1, 0.15) is 17.4 Å². The molecule has 0 radical (unpaired) electrons. The predicted octanol–water partition coefficient (Wildman–Crippen LogP) is 3.35. The Bertz CT molecular complexity index is 1070. The van der Waals surface area contributed by atoms with Crippen molar-refractivity contribution in [3.63, 3.8) is 0 Å². The second kappa shape index (κ2) is 14.5. The van der Waals surface area contributed by atoms with Gasteiger partial charge in [-0.15, -0.1) is 11.3 Å². The van der Waals surface area contributed by atoms with Crippen LogP contribution in [0.4, 0.5) is 23.0 Å². The number of alkyl halides is 3. The van der Waals surface area contributed by atoms with Crippen molar-refractivity contribution in [1.82, 2.24) is 15.5 Å². The number of hydrogen-bond acceptors (Lipinski definition) is 7. The molecule has 6 N–H and O–H groups in total. The van der Waals surface area contributed by atoms with Crippen molar-refractivity contribution < 1.29 is 37.4 Å². The topological polar surface area (TPSA) is 146 Å². The normalized spacial score (nSPS) is 14.9. The number of carbonyl (C=O) groups excluding carboxylic acids is 2. The number of thiophene rings is 1. The number of primary amides is 1. The fourth-order valence-electron chi connectivity index (χ4n) is 3.50. The molecule has 1 aliphatic rings. The van der Waals surface area contributed by atoms with Crippen LogP contribution in [0.3, 0.4) is 0 Å². The number of halogens is 3. The Morgan fingerprint density at radius 1 is 1.21 bits per heavy atom. The van der Waals surface area contributed by atoms with Crippen LogP contribution in [-0.2, 0) is 4.79 Å². The highest BCUT2D eigenvalue weighted by molar-refractivity contribution is 7.20. The van der Waals surface area contributed by atoms with Crippen molar-refractivity contribution in [3.05, 3.63) is 35.9 Å². The quantitative estimate of drug-likeness (QED) is 0.300. The summed E-state index contributed by atoms with van der Waals surface area (Å²) in [7, 11) is 0. The second-order valence-corrected chi connectivity index (χ2v) is 9.26. The first-order chi connectivity index (χ1) is 17.9. The smallest absolute Gasteiger partial charge is 0.490 e. The van der Waals surface area contributed by atoms with E-state index in [2.05, 4.69) is 34.7 Å². The van der Waals surface area contributed by atoms with E-state index in [9.17, 15) is 22.8 Å². The van der Waals surface area contributed by atoms with Gasteiger partial charge in [0.2, 0.25) is 0 Å². The zero-order valence-corrected chi connectivity index (χ0v) is 21.9. The number of rotatable bonds is 10. The van der Waals surface area contributed by atoms with Gasteiger partial charge in [0.25, 0.3) is 5.91 Å². The van der Waals surface area contributed by atoms with Crippen LogP contribution in [0.1, 0.15) is 30.6 Å². The number of nitrogens with one attached hydrogen (secondary N) is 3. The Kier molecular flexibility index (Phi) is 11.8. The van der Waals surface area contributed by atoms with Crippen LogP contribution in [0.5, 0.6) is 5.75 Å². The maximum atomic E-state index is 12.8. The number of benzene rings is 1. The van der Waals surface area contributed by atoms with E-state index in [0.717, 1.165) is 55.3 Å². The van der Waals surface area contributed by atoms with Gasteiger partial charge in [-0.1, -0.05) is 13.8 Å². The molecule has 1 aliphatic heterocycles. The molecule has 2 aromatic rings. The number of aliphatic carboxylic acids is 1. The number of hydrogen-bond donors (Lipinski definition) is 5. The standard InChI is InChI=1S/C22H31N5O3S.C2HF3O2/c1-3-27(4-2)11-12-30-17-7-5-15(6-8-17)19-13-18(21(31-19)26-22(23)29)20(28)25-16-9-10-24-14-16;3-2(4,5)1(6)7/h5-8,13,16,24H,3-4,9-12,14H2,1-2H3,(H,25,28)(H3,23,26,29);(H,6,7). The number of anilines is 1. The Hall–Kier alpha value is -3.36. The Morgan fingerprint density at radius 3 is 2.34 bits per heavy atom. The van der Waals surface area contributed by atoms with Gasteiger partial charge in [-0.2, -0.15) is 13.2 Å². The van der Waals surface area contributed by atoms with Crippen LogP contribution in [0.2, 0.25) is 0 Å². The van der Waals surface area contributed by atoms with Gasteiger partial charge in [-0.3, -0.25) is 10.1 Å². The van der Waals surface area contributed by atoms with Crippen molar-refractivity contribution in [1.29, 1.82) is 0 Å². The highest BCUT2D eigenvalue weighted by Crippen LogP contribution is 2.36. The van der Waals surface area contributed by atoms with Crippen LogP contribution >= 0.6 is 11.3 Å². The van der Waals surface area contributed by atoms with E-state index in [4.69, 9.17) is 20.4 Å². The molecule has 1 saturated heterocycles. The zero-order valence-electron chi connectivity index (χ0n) is 21.1. The van der Waals surface area contributed by atoms with E-state index < -0.39 is 18.2 Å². The number of ether oxygens (including phenoxy) is 1. The van der Waals surface area contributed by atoms with Crippen LogP contribution in [-0.4, -0.2) is 79.5 Å². The van der Waals surface area contributed by atoms with Gasteiger partial charge in [-0.05, 0) is 62.0 Å². The van der Waals surface area contributed by atoms with Crippen LogP contribution < -0.4 is 26.4 Å². The summed E-state index contributed by atoms with van der Waals surface area (Å²) >= 11 is 1.32. The third-order valence-electron chi connectivity index (χ3n) is 5.56. The van der Waals surface area contributed by atoms with Crippen molar-refractivity contribution in [2.24, 2.45) is 5.73 Å². The molecule has 0 bridgehead atoms. The molecule has 2 heterocycles. The number of carbonyl (C=O) groups is 3. The molecule has 1 fully saturated rings. The third-order valence-corrected chi connectivity index (χ3v) is 6.66. The fraction of sp³-hybridized carbons (Fsp3) is 0.458. The maximum absolute atomic E-state index is 12.8. The molecule has 210 valence electrons. The van der Waals surface area contributed by atoms with E-state index in [1.54, 1.807) is 6.07 Å². The van der Waals surface area contributed by atoms with Crippen molar-refractivity contribution in [2.75, 3.05) is 44.6 Å². The molecule has 1 atom stereocenters. The fourth-order valence-corrected chi connectivity index (χ4v) is 4.56. The van der Waals surface area contributed by atoms with Crippen molar-refractivity contribution >= 4 is 34.2 Å². The van der Waals surface area contributed by atoms with Gasteiger partial charge < -0.3 is 31.1 Å². The molecule has 0 aliphatic carbocycles. The summed E-state index contributed by atoms with van der Waals surface area (Å²) in [6, 6.07) is 8.94. The van der Waals surface area contributed by atoms with E-state index in [1.165, 1.54) is 11.3 Å². The lowest BCUT2D eigenvalue weighted by molar-refractivity contribution is -0.192. The predicted molar refractivity (Wildman–Crippen MR) is 139 cm³/mol. The largest absolute Gasteiger partial charge is 0.492 e. The zero-order chi connectivity index (χ0) is 28.3. The van der Waals surface area contributed by atoms with E-state index >= 15 is 0 Å². The van der Waals surface area contributed by atoms with Crippen LogP contribution in [0, 0.1) is 0 Å². The minimum absolute atomic E-state index is 0.0880. The Balaban J connectivity index is 0.000000638. The lowest BCUT2D eigenvalue weighted by atomic mass is 10.1. The average molecular weight is 560 g/mol. The third kappa shape index (κ3) is 9.84. The minimum atomic E-state index is -5.08. The molecule has 1 aromatic carbocycles. The lowest BCUT2D eigenvalue weighted by Crippen LogP contribution is -2.36. The van der Waals surface area contributed by atoms with E-state index in [1.807, 2.05) is 24.3 Å². The molecular weight excluding hydrogens is 527 g/mol. The summed E-state index contributed by atoms with van der Waals surface area (Å²) < 4.78 is 37.6. The highest BCUT2D eigenvalue weighted by atomic mass is 32.1. The number of nitrogens with zero attached hydrogens (tertiary/aromatic N) is 1. The lowest BCUT2D eigenvalue weighted by Gasteiger charge is -2.18. The first-order valence-electron chi connectivity index (χ1n) is 11.9. The highest BCUT2D eigenvalue weighted by Gasteiger charge is 2.38. The molecule has 14 heteroatoms. The number of nitrogens with two attached hydrogens (primary N) is 1. The van der Waals surface area contributed by atoms with Gasteiger partial charge in [-0.25, -0.2) is 9.59 Å². The summed E-state index contributed by atoms with van der Waals surface area (Å²) in [5.74, 6) is -2.17. The maximum Gasteiger partial charge on any atom is 0.490 e. The summed E-state index contributed by atoms with van der Waals surface area (Å²) in [5, 5.41) is 16.4. The number of carboxylic acid groups (broad SMARTS) is 1. The molecule has 1 unspecified atom stereocenters. The second-order valence-electron chi connectivity index (χ2n) is 8.21. The van der Waals surface area contributed by atoms with Gasteiger partial charge >= 0.3 is 18.2 Å². The molecule has 0 spiro atoms. The molecule has 3 amide bonds. The van der Waals surface area contributed by atoms with Gasteiger partial charge in [0, 0.05) is 24.0 Å². The number of amides is 3. The number of carboxylic acids is 1. The minimum Gasteiger partial charge on any atom is -0.492 e. The van der Waals surface area contributed by atoms with E-state index in [-0.39, 0.29) is 11.9 Å². The van der Waals surface area contributed by atoms with Gasteiger partial charge in [0.15, 0.2) is 0 Å². The monoisotopic (exact) mass is 559 g/mol.